The van der Waals surface area contributed by atoms with Crippen LogP contribution in [0.25, 0.3) is 11.4 Å². The van der Waals surface area contributed by atoms with Gasteiger partial charge >= 0.3 is 0 Å². The first-order chi connectivity index (χ1) is 11.6. The number of aromatic nitrogens is 2. The Bertz CT molecular complexity index is 877. The highest BCUT2D eigenvalue weighted by molar-refractivity contribution is 6.05. The zero-order chi connectivity index (χ0) is 16.9. The van der Waals surface area contributed by atoms with Gasteiger partial charge in [0.25, 0.3) is 5.91 Å². The highest BCUT2D eigenvalue weighted by atomic mass is 16.2. The largest absolute Gasteiger partial charge is 0.366 e. The van der Waals surface area contributed by atoms with Gasteiger partial charge in [-0.3, -0.25) is 19.6 Å². The summed E-state index contributed by atoms with van der Waals surface area (Å²) in [6.07, 6.45) is 3.17. The molecule has 0 aliphatic heterocycles. The highest BCUT2D eigenvalue weighted by Gasteiger charge is 2.09. The third kappa shape index (κ3) is 3.44. The fourth-order valence-electron chi connectivity index (χ4n) is 2.15. The van der Waals surface area contributed by atoms with E-state index in [9.17, 15) is 9.59 Å². The average molecular weight is 318 g/mol. The van der Waals surface area contributed by atoms with Crippen molar-refractivity contribution in [2.45, 2.75) is 0 Å². The Labute approximate surface area is 138 Å². The molecule has 0 aliphatic carbocycles. The minimum Gasteiger partial charge on any atom is -0.366 e. The summed E-state index contributed by atoms with van der Waals surface area (Å²) >= 11 is 0. The Morgan fingerprint density at radius 2 is 1.71 bits per heavy atom. The summed E-state index contributed by atoms with van der Waals surface area (Å²) in [4.78, 5) is 31.9. The van der Waals surface area contributed by atoms with Crippen LogP contribution >= 0.6 is 0 Å². The molecule has 2 amide bonds. The van der Waals surface area contributed by atoms with Crippen molar-refractivity contribution in [1.29, 1.82) is 0 Å². The van der Waals surface area contributed by atoms with Crippen molar-refractivity contribution < 1.29 is 9.59 Å². The van der Waals surface area contributed by atoms with Gasteiger partial charge in [-0.15, -0.1) is 0 Å². The maximum Gasteiger partial charge on any atom is 0.257 e. The molecule has 3 aromatic rings. The van der Waals surface area contributed by atoms with Gasteiger partial charge < -0.3 is 11.1 Å². The lowest BCUT2D eigenvalue weighted by Gasteiger charge is -2.07. The Morgan fingerprint density at radius 3 is 2.38 bits per heavy atom. The van der Waals surface area contributed by atoms with Gasteiger partial charge in [-0.05, 0) is 42.5 Å². The molecular weight excluding hydrogens is 304 g/mol. The first-order valence-electron chi connectivity index (χ1n) is 7.22. The highest BCUT2D eigenvalue weighted by Crippen LogP contribution is 2.15. The summed E-state index contributed by atoms with van der Waals surface area (Å²) < 4.78 is 0. The monoisotopic (exact) mass is 318 g/mol. The SMILES string of the molecule is NC(=O)c1cccc(NC(=O)c2ccc(-c3ccccn3)nc2)c1. The van der Waals surface area contributed by atoms with Crippen molar-refractivity contribution in [3.63, 3.8) is 0 Å². The van der Waals surface area contributed by atoms with Gasteiger partial charge in [0.05, 0.1) is 17.0 Å². The molecule has 0 unspecified atom stereocenters. The number of primary amides is 1. The van der Waals surface area contributed by atoms with Crippen LogP contribution in [0, 0.1) is 0 Å². The van der Waals surface area contributed by atoms with E-state index in [-0.39, 0.29) is 5.91 Å². The fourth-order valence-corrected chi connectivity index (χ4v) is 2.15. The molecule has 6 heteroatoms. The fraction of sp³-hybridized carbons (Fsp3) is 0. The Hall–Kier alpha value is -3.54. The number of carbonyl (C=O) groups excluding carboxylic acids is 2. The van der Waals surface area contributed by atoms with Crippen LogP contribution in [0.4, 0.5) is 5.69 Å². The minimum absolute atomic E-state index is 0.323. The van der Waals surface area contributed by atoms with E-state index < -0.39 is 5.91 Å². The van der Waals surface area contributed by atoms with Crippen LogP contribution in [0.3, 0.4) is 0 Å². The van der Waals surface area contributed by atoms with Crippen molar-refractivity contribution in [1.82, 2.24) is 9.97 Å². The van der Waals surface area contributed by atoms with E-state index >= 15 is 0 Å². The standard InChI is InChI=1S/C18H14N4O2/c19-17(23)12-4-3-5-14(10-12)22-18(24)13-7-8-16(21-11-13)15-6-1-2-9-20-15/h1-11H,(H2,19,23)(H,22,24). The zero-order valence-electron chi connectivity index (χ0n) is 12.6. The average Bonchev–Trinajstić information content (AvgIpc) is 2.63. The van der Waals surface area contributed by atoms with Crippen molar-refractivity contribution in [3.8, 4) is 11.4 Å². The topological polar surface area (TPSA) is 98.0 Å². The van der Waals surface area contributed by atoms with E-state index in [4.69, 9.17) is 5.73 Å². The molecule has 24 heavy (non-hydrogen) atoms. The quantitative estimate of drug-likeness (QED) is 0.772. The molecule has 0 radical (unpaired) electrons. The second-order valence-corrected chi connectivity index (χ2v) is 5.05. The van der Waals surface area contributed by atoms with Gasteiger partial charge in [-0.2, -0.15) is 0 Å². The first kappa shape index (κ1) is 15.4. The number of amides is 2. The van der Waals surface area contributed by atoms with Gasteiger partial charge in [0.1, 0.15) is 0 Å². The number of benzene rings is 1. The third-order valence-electron chi connectivity index (χ3n) is 3.36. The van der Waals surface area contributed by atoms with Crippen molar-refractivity contribution in [2.75, 3.05) is 5.32 Å². The predicted octanol–water partition coefficient (Wildman–Crippen LogP) is 2.49. The van der Waals surface area contributed by atoms with Gasteiger partial charge in [0, 0.05) is 23.6 Å². The molecule has 0 fully saturated rings. The van der Waals surface area contributed by atoms with Crippen molar-refractivity contribution in [3.05, 3.63) is 78.1 Å². The lowest BCUT2D eigenvalue weighted by atomic mass is 10.1. The molecular formula is C18H14N4O2. The third-order valence-corrected chi connectivity index (χ3v) is 3.36. The molecule has 3 N–H and O–H groups in total. The molecule has 2 aromatic heterocycles. The van der Waals surface area contributed by atoms with E-state index in [1.807, 2.05) is 18.2 Å². The van der Waals surface area contributed by atoms with Crippen LogP contribution in [-0.4, -0.2) is 21.8 Å². The number of hydrogen-bond donors (Lipinski definition) is 2. The first-order valence-corrected chi connectivity index (χ1v) is 7.22. The smallest absolute Gasteiger partial charge is 0.257 e. The van der Waals surface area contributed by atoms with Gasteiger partial charge in [-0.25, -0.2) is 0 Å². The second-order valence-electron chi connectivity index (χ2n) is 5.05. The minimum atomic E-state index is -0.549. The van der Waals surface area contributed by atoms with E-state index in [2.05, 4.69) is 15.3 Å². The maximum atomic E-state index is 12.3. The number of nitrogens with one attached hydrogen (secondary N) is 1. The molecule has 0 bridgehead atoms. The van der Waals surface area contributed by atoms with Crippen molar-refractivity contribution >= 4 is 17.5 Å². The molecule has 0 saturated carbocycles. The summed E-state index contributed by atoms with van der Waals surface area (Å²) in [7, 11) is 0. The van der Waals surface area contributed by atoms with Crippen LogP contribution in [0.5, 0.6) is 0 Å². The van der Waals surface area contributed by atoms with E-state index in [1.165, 1.54) is 12.3 Å². The number of hydrogen-bond acceptors (Lipinski definition) is 4. The summed E-state index contributed by atoms with van der Waals surface area (Å²) in [5.41, 5.74) is 7.87. The van der Waals surface area contributed by atoms with Crippen LogP contribution in [-0.2, 0) is 0 Å². The number of pyridine rings is 2. The number of nitrogens with two attached hydrogens (primary N) is 1. The number of nitrogens with zero attached hydrogens (tertiary/aromatic N) is 2. The van der Waals surface area contributed by atoms with E-state index in [0.29, 0.717) is 22.5 Å². The number of carbonyl (C=O) groups is 2. The maximum absolute atomic E-state index is 12.3. The molecule has 6 nitrogen and oxygen atoms in total. The normalized spacial score (nSPS) is 10.2. The molecule has 0 aliphatic rings. The predicted molar refractivity (Wildman–Crippen MR) is 90.4 cm³/mol. The summed E-state index contributed by atoms with van der Waals surface area (Å²) in [5, 5.41) is 2.71. The molecule has 1 aromatic carbocycles. The molecule has 118 valence electrons. The Morgan fingerprint density at radius 1 is 0.875 bits per heavy atom. The Kier molecular flexibility index (Phi) is 4.29. The molecule has 3 rings (SSSR count). The second kappa shape index (κ2) is 6.70. The molecule has 0 spiro atoms. The molecule has 2 heterocycles. The molecule has 0 atom stereocenters. The van der Waals surface area contributed by atoms with Crippen LogP contribution < -0.4 is 11.1 Å². The van der Waals surface area contributed by atoms with Crippen LogP contribution in [0.1, 0.15) is 20.7 Å². The summed E-state index contributed by atoms with van der Waals surface area (Å²) in [5.74, 6) is -0.871. The summed E-state index contributed by atoms with van der Waals surface area (Å²) in [6, 6.07) is 15.4. The number of rotatable bonds is 4. The van der Waals surface area contributed by atoms with Gasteiger partial charge in [0.15, 0.2) is 0 Å². The van der Waals surface area contributed by atoms with E-state index in [0.717, 1.165) is 5.69 Å². The number of anilines is 1. The summed E-state index contributed by atoms with van der Waals surface area (Å²) in [6.45, 7) is 0. The van der Waals surface area contributed by atoms with E-state index in [1.54, 1.807) is 36.5 Å². The van der Waals surface area contributed by atoms with Crippen LogP contribution in [0.2, 0.25) is 0 Å². The lowest BCUT2D eigenvalue weighted by Crippen LogP contribution is -2.14. The zero-order valence-corrected chi connectivity index (χ0v) is 12.6. The van der Waals surface area contributed by atoms with Crippen LogP contribution in [0.15, 0.2) is 67.0 Å². The van der Waals surface area contributed by atoms with Gasteiger partial charge in [0.2, 0.25) is 5.91 Å². The van der Waals surface area contributed by atoms with Gasteiger partial charge in [-0.1, -0.05) is 12.1 Å². The Balaban J connectivity index is 1.76. The van der Waals surface area contributed by atoms with Crippen molar-refractivity contribution in [2.24, 2.45) is 5.73 Å². The lowest BCUT2D eigenvalue weighted by molar-refractivity contribution is 0.0996. The molecule has 0 saturated heterocycles.